The first-order chi connectivity index (χ1) is 6.57. The van der Waals surface area contributed by atoms with Crippen molar-refractivity contribution in [2.75, 3.05) is 26.7 Å². The van der Waals surface area contributed by atoms with Crippen molar-refractivity contribution in [1.82, 2.24) is 10.2 Å². The molecule has 0 saturated heterocycles. The van der Waals surface area contributed by atoms with E-state index in [0.29, 0.717) is 6.04 Å². The molecule has 0 rings (SSSR count). The predicted molar refractivity (Wildman–Crippen MR) is 64.7 cm³/mol. The molecule has 14 heavy (non-hydrogen) atoms. The van der Waals surface area contributed by atoms with Crippen LogP contribution >= 0.6 is 0 Å². The number of nitrogens with one attached hydrogen (secondary N) is 1. The first-order valence-electron chi connectivity index (χ1n) is 5.99. The Balaban J connectivity index is 3.21. The van der Waals surface area contributed by atoms with Gasteiger partial charge in [0.25, 0.3) is 0 Å². The zero-order valence-corrected chi connectivity index (χ0v) is 10.6. The average molecular weight is 200 g/mol. The molecule has 0 saturated carbocycles. The van der Waals surface area contributed by atoms with E-state index in [2.05, 4.69) is 45.0 Å². The van der Waals surface area contributed by atoms with E-state index in [1.807, 2.05) is 0 Å². The molecule has 1 unspecified atom stereocenters. The summed E-state index contributed by atoms with van der Waals surface area (Å²) in [7, 11) is 2.18. The summed E-state index contributed by atoms with van der Waals surface area (Å²) in [5.41, 5.74) is 0. The van der Waals surface area contributed by atoms with Crippen molar-refractivity contribution in [1.29, 1.82) is 0 Å². The molecule has 2 nitrogen and oxygen atoms in total. The van der Waals surface area contributed by atoms with Crippen LogP contribution in [0.5, 0.6) is 0 Å². The van der Waals surface area contributed by atoms with Crippen LogP contribution in [0.4, 0.5) is 0 Å². The van der Waals surface area contributed by atoms with Crippen molar-refractivity contribution in [3.8, 4) is 0 Å². The Morgan fingerprint density at radius 3 is 2.29 bits per heavy atom. The highest BCUT2D eigenvalue weighted by Gasteiger charge is 2.04. The summed E-state index contributed by atoms with van der Waals surface area (Å²) in [6.07, 6.45) is 2.60. The number of hydrogen-bond donors (Lipinski definition) is 1. The van der Waals surface area contributed by atoms with Crippen molar-refractivity contribution in [3.63, 3.8) is 0 Å². The van der Waals surface area contributed by atoms with Crippen LogP contribution in [0.1, 0.15) is 40.5 Å². The maximum absolute atomic E-state index is 3.56. The minimum Gasteiger partial charge on any atom is -0.314 e. The lowest BCUT2D eigenvalue weighted by atomic mass is 10.1. The van der Waals surface area contributed by atoms with Crippen molar-refractivity contribution in [3.05, 3.63) is 0 Å². The first-order valence-corrected chi connectivity index (χ1v) is 5.99. The molecular formula is C12H28N2. The van der Waals surface area contributed by atoms with Crippen LogP contribution in [0.3, 0.4) is 0 Å². The molecule has 1 N–H and O–H groups in total. The summed E-state index contributed by atoms with van der Waals surface area (Å²) in [6, 6.07) is 0.652. The molecule has 0 amide bonds. The van der Waals surface area contributed by atoms with Crippen LogP contribution in [0, 0.1) is 5.92 Å². The monoisotopic (exact) mass is 200 g/mol. The third-order valence-corrected chi connectivity index (χ3v) is 2.97. The van der Waals surface area contributed by atoms with Gasteiger partial charge < -0.3 is 10.2 Å². The van der Waals surface area contributed by atoms with Gasteiger partial charge in [-0.05, 0) is 52.4 Å². The Kier molecular flexibility index (Phi) is 8.20. The molecule has 0 aliphatic carbocycles. The fraction of sp³-hybridized carbons (Fsp3) is 1.00. The molecule has 0 radical (unpaired) electrons. The van der Waals surface area contributed by atoms with Gasteiger partial charge in [-0.2, -0.15) is 0 Å². The zero-order valence-electron chi connectivity index (χ0n) is 10.6. The second-order valence-corrected chi connectivity index (χ2v) is 4.59. The minimum atomic E-state index is 0.652. The van der Waals surface area contributed by atoms with Crippen LogP contribution in [-0.2, 0) is 0 Å². The molecular weight excluding hydrogens is 172 g/mol. The standard InChI is InChI=1S/C12H28N2/c1-6-14(5)10-8-7-9-13-12(4)11(2)3/h11-13H,6-10H2,1-5H3. The van der Waals surface area contributed by atoms with E-state index < -0.39 is 0 Å². The molecule has 0 bridgehead atoms. The smallest absolute Gasteiger partial charge is 0.00617 e. The number of nitrogens with zero attached hydrogens (tertiary/aromatic N) is 1. The van der Waals surface area contributed by atoms with Crippen LogP contribution < -0.4 is 5.32 Å². The molecule has 2 heteroatoms. The fourth-order valence-electron chi connectivity index (χ4n) is 1.23. The SMILES string of the molecule is CCN(C)CCCCNC(C)C(C)C. The Morgan fingerprint density at radius 2 is 1.79 bits per heavy atom. The quantitative estimate of drug-likeness (QED) is 0.605. The highest BCUT2D eigenvalue weighted by molar-refractivity contribution is 4.64. The van der Waals surface area contributed by atoms with E-state index in [-0.39, 0.29) is 0 Å². The summed E-state index contributed by atoms with van der Waals surface area (Å²) in [6.45, 7) is 12.6. The zero-order chi connectivity index (χ0) is 11.0. The lowest BCUT2D eigenvalue weighted by Gasteiger charge is -2.18. The summed E-state index contributed by atoms with van der Waals surface area (Å²) >= 11 is 0. The van der Waals surface area contributed by atoms with Crippen LogP contribution in [0.25, 0.3) is 0 Å². The predicted octanol–water partition coefficient (Wildman–Crippen LogP) is 2.35. The number of rotatable bonds is 8. The topological polar surface area (TPSA) is 15.3 Å². The van der Waals surface area contributed by atoms with E-state index in [1.165, 1.54) is 19.4 Å². The average Bonchev–Trinajstić information content (AvgIpc) is 2.16. The van der Waals surface area contributed by atoms with E-state index in [4.69, 9.17) is 0 Å². The van der Waals surface area contributed by atoms with Crippen molar-refractivity contribution in [2.24, 2.45) is 5.92 Å². The van der Waals surface area contributed by atoms with Gasteiger partial charge in [-0.3, -0.25) is 0 Å². The van der Waals surface area contributed by atoms with E-state index in [0.717, 1.165) is 19.0 Å². The Bertz CT molecular complexity index is 123. The van der Waals surface area contributed by atoms with Crippen LogP contribution in [-0.4, -0.2) is 37.6 Å². The summed E-state index contributed by atoms with van der Waals surface area (Å²) in [5.74, 6) is 0.744. The largest absolute Gasteiger partial charge is 0.314 e. The number of hydrogen-bond acceptors (Lipinski definition) is 2. The maximum atomic E-state index is 3.56. The molecule has 0 aromatic heterocycles. The van der Waals surface area contributed by atoms with Gasteiger partial charge in [-0.1, -0.05) is 20.8 Å². The summed E-state index contributed by atoms with van der Waals surface area (Å²) in [5, 5.41) is 3.56. The summed E-state index contributed by atoms with van der Waals surface area (Å²) < 4.78 is 0. The molecule has 0 aliphatic heterocycles. The molecule has 0 aromatic carbocycles. The van der Waals surface area contributed by atoms with Crippen molar-refractivity contribution in [2.45, 2.75) is 46.6 Å². The Morgan fingerprint density at radius 1 is 1.14 bits per heavy atom. The van der Waals surface area contributed by atoms with Gasteiger partial charge in [-0.15, -0.1) is 0 Å². The molecule has 86 valence electrons. The third-order valence-electron chi connectivity index (χ3n) is 2.97. The molecule has 1 atom stereocenters. The van der Waals surface area contributed by atoms with E-state index in [1.54, 1.807) is 0 Å². The second-order valence-electron chi connectivity index (χ2n) is 4.59. The highest BCUT2D eigenvalue weighted by Crippen LogP contribution is 2.00. The molecule has 0 heterocycles. The maximum Gasteiger partial charge on any atom is 0.00617 e. The minimum absolute atomic E-state index is 0.652. The second kappa shape index (κ2) is 8.25. The van der Waals surface area contributed by atoms with Gasteiger partial charge in [0.1, 0.15) is 0 Å². The Labute approximate surface area is 90.1 Å². The highest BCUT2D eigenvalue weighted by atomic mass is 15.1. The Hall–Kier alpha value is -0.0800. The van der Waals surface area contributed by atoms with Crippen molar-refractivity contribution < 1.29 is 0 Å². The summed E-state index contributed by atoms with van der Waals surface area (Å²) in [4.78, 5) is 2.37. The van der Waals surface area contributed by atoms with Gasteiger partial charge in [-0.25, -0.2) is 0 Å². The lowest BCUT2D eigenvalue weighted by Crippen LogP contribution is -2.31. The molecule has 0 aromatic rings. The lowest BCUT2D eigenvalue weighted by molar-refractivity contribution is 0.337. The van der Waals surface area contributed by atoms with Gasteiger partial charge in [0.05, 0.1) is 0 Å². The van der Waals surface area contributed by atoms with Crippen LogP contribution in [0.15, 0.2) is 0 Å². The molecule has 0 aliphatic rings. The van der Waals surface area contributed by atoms with Crippen LogP contribution in [0.2, 0.25) is 0 Å². The third kappa shape index (κ3) is 7.34. The first kappa shape index (κ1) is 13.9. The molecule has 0 spiro atoms. The number of unbranched alkanes of at least 4 members (excludes halogenated alkanes) is 1. The van der Waals surface area contributed by atoms with Gasteiger partial charge in [0.15, 0.2) is 0 Å². The normalized spacial score (nSPS) is 13.9. The van der Waals surface area contributed by atoms with E-state index >= 15 is 0 Å². The fourth-order valence-corrected chi connectivity index (χ4v) is 1.23. The van der Waals surface area contributed by atoms with Gasteiger partial charge >= 0.3 is 0 Å². The van der Waals surface area contributed by atoms with E-state index in [9.17, 15) is 0 Å². The van der Waals surface area contributed by atoms with Crippen molar-refractivity contribution >= 4 is 0 Å². The van der Waals surface area contributed by atoms with Gasteiger partial charge in [0, 0.05) is 6.04 Å². The molecule has 0 fully saturated rings. The van der Waals surface area contributed by atoms with Gasteiger partial charge in [0.2, 0.25) is 0 Å².